The highest BCUT2D eigenvalue weighted by molar-refractivity contribution is 7.90. The zero-order chi connectivity index (χ0) is 21.0. The summed E-state index contributed by atoms with van der Waals surface area (Å²) in [6.45, 7) is 8.94. The van der Waals surface area contributed by atoms with Crippen LogP contribution < -0.4 is 14.8 Å². The van der Waals surface area contributed by atoms with E-state index < -0.39 is 26.2 Å². The molecule has 1 saturated carbocycles. The summed E-state index contributed by atoms with van der Waals surface area (Å²) >= 11 is 0. The van der Waals surface area contributed by atoms with E-state index in [0.29, 0.717) is 38.4 Å². The number of rotatable bonds is 16. The maximum atomic E-state index is 12.5. The van der Waals surface area contributed by atoms with Crippen molar-refractivity contribution in [3.8, 4) is 0 Å². The Morgan fingerprint density at radius 1 is 0.929 bits per heavy atom. The van der Waals surface area contributed by atoms with Gasteiger partial charge in [-0.05, 0) is 58.3 Å². The Hall–Kier alpha value is -0.260. The van der Waals surface area contributed by atoms with Crippen LogP contribution in [0.1, 0.15) is 65.7 Å². The molecule has 1 aliphatic carbocycles. The first-order valence-electron chi connectivity index (χ1n) is 10.7. The minimum Gasteiger partial charge on any atom is -0.314 e. The van der Waals surface area contributed by atoms with E-state index in [1.54, 1.807) is 6.92 Å². The van der Waals surface area contributed by atoms with Crippen LogP contribution >= 0.6 is 0 Å². The Kier molecular flexibility index (Phi) is 12.1. The average molecular weight is 441 g/mol. The Morgan fingerprint density at radius 2 is 1.50 bits per heavy atom. The van der Waals surface area contributed by atoms with Gasteiger partial charge < -0.3 is 10.2 Å². The summed E-state index contributed by atoms with van der Waals surface area (Å²) in [5.41, 5.74) is 0. The van der Waals surface area contributed by atoms with Crippen LogP contribution in [0, 0.1) is 0 Å². The van der Waals surface area contributed by atoms with E-state index in [0.717, 1.165) is 25.9 Å². The molecule has 10 heteroatoms. The lowest BCUT2D eigenvalue weighted by atomic mass is 10.2. The van der Waals surface area contributed by atoms with E-state index in [1.165, 1.54) is 12.8 Å². The number of sulfonamides is 2. The minimum absolute atomic E-state index is 0.00837. The fourth-order valence-corrected chi connectivity index (χ4v) is 6.12. The van der Waals surface area contributed by atoms with E-state index in [9.17, 15) is 16.8 Å². The van der Waals surface area contributed by atoms with Crippen molar-refractivity contribution in [1.29, 1.82) is 0 Å². The Bertz CT molecular complexity index is 615. The van der Waals surface area contributed by atoms with Crippen LogP contribution in [0.4, 0.5) is 0 Å². The molecule has 0 bridgehead atoms. The summed E-state index contributed by atoms with van der Waals surface area (Å²) in [5, 5.41) is 3.41. The standard InChI is InChI=1S/C18H40N4O4S2/c1-4-15-27(23,24)20-18(12-13-19-17-10-7-8-11-17)21-28(25,26)16-9-14-22(5-2)6-3/h17-21H,4-16H2,1-3H3. The van der Waals surface area contributed by atoms with Gasteiger partial charge >= 0.3 is 0 Å². The van der Waals surface area contributed by atoms with Crippen molar-refractivity contribution in [2.24, 2.45) is 0 Å². The summed E-state index contributed by atoms with van der Waals surface area (Å²) in [5.74, 6) is -0.0190. The lowest BCUT2D eigenvalue weighted by Gasteiger charge is -2.22. The topological polar surface area (TPSA) is 108 Å². The fraction of sp³-hybridized carbons (Fsp3) is 1.00. The molecule has 28 heavy (non-hydrogen) atoms. The van der Waals surface area contributed by atoms with Crippen molar-refractivity contribution in [2.45, 2.75) is 77.9 Å². The fourth-order valence-electron chi connectivity index (χ4n) is 3.54. The molecule has 0 aromatic rings. The van der Waals surface area contributed by atoms with Crippen LogP contribution in [0.2, 0.25) is 0 Å². The SMILES string of the molecule is CCCS(=O)(=O)NC(CCNC1CCCC1)NS(=O)(=O)CCCN(CC)CC. The Morgan fingerprint density at radius 3 is 2.04 bits per heavy atom. The van der Waals surface area contributed by atoms with Crippen LogP contribution in [0.15, 0.2) is 0 Å². The molecule has 0 radical (unpaired) electrons. The first-order chi connectivity index (χ1) is 13.2. The average Bonchev–Trinajstić information content (AvgIpc) is 3.11. The molecule has 0 amide bonds. The molecule has 1 unspecified atom stereocenters. The zero-order valence-electron chi connectivity index (χ0n) is 17.7. The summed E-state index contributed by atoms with van der Waals surface area (Å²) < 4.78 is 54.4. The number of hydrogen-bond acceptors (Lipinski definition) is 6. The normalized spacial score (nSPS) is 17.4. The van der Waals surface area contributed by atoms with Gasteiger partial charge in [0.25, 0.3) is 0 Å². The second-order valence-electron chi connectivity index (χ2n) is 7.53. The van der Waals surface area contributed by atoms with Crippen LogP contribution in [-0.4, -0.2) is 71.6 Å². The van der Waals surface area contributed by atoms with E-state index in [-0.39, 0.29) is 11.5 Å². The first kappa shape index (κ1) is 25.8. The molecular weight excluding hydrogens is 400 g/mol. The van der Waals surface area contributed by atoms with E-state index in [4.69, 9.17) is 0 Å². The lowest BCUT2D eigenvalue weighted by molar-refractivity contribution is 0.304. The Balaban J connectivity index is 2.59. The molecule has 1 fully saturated rings. The van der Waals surface area contributed by atoms with Crippen LogP contribution in [0.25, 0.3) is 0 Å². The van der Waals surface area contributed by atoms with Crippen molar-refractivity contribution < 1.29 is 16.8 Å². The van der Waals surface area contributed by atoms with Gasteiger partial charge in [-0.15, -0.1) is 0 Å². The molecule has 8 nitrogen and oxygen atoms in total. The number of hydrogen-bond donors (Lipinski definition) is 3. The summed E-state index contributed by atoms with van der Waals surface area (Å²) in [6, 6.07) is 0.457. The molecule has 0 saturated heterocycles. The minimum atomic E-state index is -3.56. The molecular formula is C18H40N4O4S2. The van der Waals surface area contributed by atoms with Crippen molar-refractivity contribution >= 4 is 20.0 Å². The Labute approximate surface area is 172 Å². The third kappa shape index (κ3) is 11.1. The van der Waals surface area contributed by atoms with Crippen molar-refractivity contribution in [3.05, 3.63) is 0 Å². The van der Waals surface area contributed by atoms with Crippen molar-refractivity contribution in [2.75, 3.05) is 37.7 Å². The molecule has 1 rings (SSSR count). The molecule has 0 aromatic carbocycles. The van der Waals surface area contributed by atoms with Gasteiger partial charge in [0.15, 0.2) is 0 Å². The molecule has 0 spiro atoms. The molecule has 0 aliphatic heterocycles. The smallest absolute Gasteiger partial charge is 0.213 e. The second-order valence-corrected chi connectivity index (χ2v) is 11.3. The first-order valence-corrected chi connectivity index (χ1v) is 14.0. The van der Waals surface area contributed by atoms with Gasteiger partial charge in [-0.2, -0.15) is 9.44 Å². The zero-order valence-corrected chi connectivity index (χ0v) is 19.4. The van der Waals surface area contributed by atoms with Gasteiger partial charge in [0.1, 0.15) is 0 Å². The van der Waals surface area contributed by atoms with Gasteiger partial charge in [-0.1, -0.05) is 33.6 Å². The van der Waals surface area contributed by atoms with Crippen LogP contribution in [0.3, 0.4) is 0 Å². The number of nitrogens with one attached hydrogen (secondary N) is 3. The summed E-state index contributed by atoms with van der Waals surface area (Å²) in [4.78, 5) is 2.17. The predicted molar refractivity (Wildman–Crippen MR) is 115 cm³/mol. The quantitative estimate of drug-likeness (QED) is 0.312. The predicted octanol–water partition coefficient (Wildman–Crippen LogP) is 1.22. The maximum Gasteiger partial charge on any atom is 0.213 e. The third-order valence-electron chi connectivity index (χ3n) is 5.12. The van der Waals surface area contributed by atoms with Gasteiger partial charge in [0.2, 0.25) is 20.0 Å². The monoisotopic (exact) mass is 440 g/mol. The summed E-state index contributed by atoms with van der Waals surface area (Å²) in [6.07, 6.45) is 5.25. The molecule has 168 valence electrons. The third-order valence-corrected chi connectivity index (χ3v) is 8.18. The van der Waals surface area contributed by atoms with Gasteiger partial charge in [-0.3, -0.25) is 0 Å². The maximum absolute atomic E-state index is 12.5. The molecule has 1 aliphatic rings. The van der Waals surface area contributed by atoms with Crippen molar-refractivity contribution in [1.82, 2.24) is 19.7 Å². The number of nitrogens with zero attached hydrogens (tertiary/aromatic N) is 1. The van der Waals surface area contributed by atoms with Gasteiger partial charge in [0, 0.05) is 6.04 Å². The largest absolute Gasteiger partial charge is 0.314 e. The molecule has 0 aromatic heterocycles. The van der Waals surface area contributed by atoms with E-state index >= 15 is 0 Å². The molecule has 1 atom stereocenters. The lowest BCUT2D eigenvalue weighted by Crippen LogP contribution is -2.50. The molecule has 3 N–H and O–H groups in total. The highest BCUT2D eigenvalue weighted by atomic mass is 32.2. The summed E-state index contributed by atoms with van der Waals surface area (Å²) in [7, 11) is -7.07. The van der Waals surface area contributed by atoms with Gasteiger partial charge in [0.05, 0.1) is 17.7 Å². The molecule has 0 heterocycles. The highest BCUT2D eigenvalue weighted by Crippen LogP contribution is 2.17. The van der Waals surface area contributed by atoms with E-state index in [2.05, 4.69) is 19.7 Å². The second kappa shape index (κ2) is 13.1. The van der Waals surface area contributed by atoms with Crippen LogP contribution in [-0.2, 0) is 20.0 Å². The van der Waals surface area contributed by atoms with Gasteiger partial charge in [-0.25, -0.2) is 16.8 Å². The van der Waals surface area contributed by atoms with Crippen LogP contribution in [0.5, 0.6) is 0 Å². The van der Waals surface area contributed by atoms with E-state index in [1.807, 2.05) is 13.8 Å². The highest BCUT2D eigenvalue weighted by Gasteiger charge is 2.23. The van der Waals surface area contributed by atoms with Crippen molar-refractivity contribution in [3.63, 3.8) is 0 Å².